The zero-order valence-electron chi connectivity index (χ0n) is 11.2. The monoisotopic (exact) mass is 236 g/mol. The van der Waals surface area contributed by atoms with Crippen molar-refractivity contribution in [3.8, 4) is 6.07 Å². The van der Waals surface area contributed by atoms with Crippen LogP contribution in [-0.4, -0.2) is 18.1 Å². The summed E-state index contributed by atoms with van der Waals surface area (Å²) in [6.07, 6.45) is 0.585. The number of nitriles is 1. The second-order valence-corrected chi connectivity index (χ2v) is 5.35. The van der Waals surface area contributed by atoms with Crippen LogP contribution < -0.4 is 5.32 Å². The molecular formula is C13H20N2O2. The van der Waals surface area contributed by atoms with Crippen molar-refractivity contribution in [3.05, 3.63) is 11.3 Å². The van der Waals surface area contributed by atoms with Gasteiger partial charge in [0.25, 0.3) is 0 Å². The predicted molar refractivity (Wildman–Crippen MR) is 64.9 cm³/mol. The SMILES string of the molecule is CCOC(=O)C1=C(C)NC(C)(C)CC1(C)C#N. The third-order valence-electron chi connectivity index (χ3n) is 2.97. The molecule has 94 valence electrons. The van der Waals surface area contributed by atoms with Crippen molar-refractivity contribution in [3.63, 3.8) is 0 Å². The van der Waals surface area contributed by atoms with Crippen LogP contribution in [0.25, 0.3) is 0 Å². The van der Waals surface area contributed by atoms with Crippen LogP contribution in [0.1, 0.15) is 41.0 Å². The lowest BCUT2D eigenvalue weighted by molar-refractivity contribution is -0.139. The first-order valence-electron chi connectivity index (χ1n) is 5.83. The molecule has 1 rings (SSSR count). The van der Waals surface area contributed by atoms with Gasteiger partial charge in [-0.15, -0.1) is 0 Å². The molecule has 0 fully saturated rings. The molecule has 0 bridgehead atoms. The van der Waals surface area contributed by atoms with Gasteiger partial charge in [0.05, 0.1) is 23.7 Å². The lowest BCUT2D eigenvalue weighted by Gasteiger charge is -2.41. The molecular weight excluding hydrogens is 216 g/mol. The van der Waals surface area contributed by atoms with Gasteiger partial charge in [0.2, 0.25) is 0 Å². The van der Waals surface area contributed by atoms with E-state index in [1.807, 2.05) is 20.8 Å². The van der Waals surface area contributed by atoms with E-state index in [0.29, 0.717) is 18.6 Å². The molecule has 4 nitrogen and oxygen atoms in total. The normalized spacial score (nSPS) is 27.1. The topological polar surface area (TPSA) is 62.1 Å². The Hall–Kier alpha value is -1.50. The summed E-state index contributed by atoms with van der Waals surface area (Å²) in [6.45, 7) is 9.74. The van der Waals surface area contributed by atoms with Gasteiger partial charge in [-0.25, -0.2) is 4.79 Å². The number of nitrogens with one attached hydrogen (secondary N) is 1. The Kier molecular flexibility index (Phi) is 3.51. The molecule has 0 aliphatic carbocycles. The Balaban J connectivity index is 3.23. The van der Waals surface area contributed by atoms with Crippen LogP contribution >= 0.6 is 0 Å². The Labute approximate surface area is 103 Å². The van der Waals surface area contributed by atoms with Gasteiger partial charge in [-0.2, -0.15) is 5.26 Å². The van der Waals surface area contributed by atoms with E-state index >= 15 is 0 Å². The minimum atomic E-state index is -0.787. The number of esters is 1. The number of allylic oxidation sites excluding steroid dienone is 1. The van der Waals surface area contributed by atoms with E-state index < -0.39 is 11.4 Å². The van der Waals surface area contributed by atoms with Crippen LogP contribution in [0.15, 0.2) is 11.3 Å². The Bertz CT molecular complexity index is 404. The van der Waals surface area contributed by atoms with Gasteiger partial charge < -0.3 is 10.1 Å². The number of hydrogen-bond donors (Lipinski definition) is 1. The van der Waals surface area contributed by atoms with Gasteiger partial charge in [0.1, 0.15) is 0 Å². The minimum Gasteiger partial charge on any atom is -0.463 e. The average Bonchev–Trinajstić information content (AvgIpc) is 2.14. The van der Waals surface area contributed by atoms with Gasteiger partial charge >= 0.3 is 5.97 Å². The number of carbonyl (C=O) groups is 1. The van der Waals surface area contributed by atoms with E-state index in [-0.39, 0.29) is 5.54 Å². The number of nitrogens with zero attached hydrogens (tertiary/aromatic N) is 1. The number of ether oxygens (including phenoxy) is 1. The van der Waals surface area contributed by atoms with Gasteiger partial charge in [-0.05, 0) is 41.0 Å². The van der Waals surface area contributed by atoms with Crippen LogP contribution in [0, 0.1) is 16.7 Å². The molecule has 4 heteroatoms. The Morgan fingerprint density at radius 1 is 1.53 bits per heavy atom. The second-order valence-electron chi connectivity index (χ2n) is 5.35. The molecule has 0 aromatic rings. The molecule has 1 aliphatic heterocycles. The molecule has 1 heterocycles. The molecule has 0 saturated heterocycles. The first-order chi connectivity index (χ1) is 7.75. The van der Waals surface area contributed by atoms with Crippen LogP contribution in [0.3, 0.4) is 0 Å². The molecule has 17 heavy (non-hydrogen) atoms. The Morgan fingerprint density at radius 2 is 2.12 bits per heavy atom. The zero-order valence-corrected chi connectivity index (χ0v) is 11.2. The summed E-state index contributed by atoms with van der Waals surface area (Å²) < 4.78 is 5.03. The lowest BCUT2D eigenvalue weighted by Crippen LogP contribution is -2.49. The molecule has 1 aliphatic rings. The van der Waals surface area contributed by atoms with Gasteiger partial charge in [-0.1, -0.05) is 0 Å². The van der Waals surface area contributed by atoms with E-state index in [1.165, 1.54) is 0 Å². The van der Waals surface area contributed by atoms with Gasteiger partial charge in [-0.3, -0.25) is 0 Å². The predicted octanol–water partition coefficient (Wildman–Crippen LogP) is 2.13. The van der Waals surface area contributed by atoms with Gasteiger partial charge in [0.15, 0.2) is 0 Å². The van der Waals surface area contributed by atoms with Crippen LogP contribution in [0.2, 0.25) is 0 Å². The minimum absolute atomic E-state index is 0.190. The molecule has 0 amide bonds. The van der Waals surface area contributed by atoms with Crippen molar-refractivity contribution in [2.24, 2.45) is 5.41 Å². The van der Waals surface area contributed by atoms with Crippen molar-refractivity contribution in [2.75, 3.05) is 6.61 Å². The van der Waals surface area contributed by atoms with Gasteiger partial charge in [0, 0.05) is 11.2 Å². The first kappa shape index (κ1) is 13.6. The van der Waals surface area contributed by atoms with Crippen molar-refractivity contribution >= 4 is 5.97 Å². The Morgan fingerprint density at radius 3 is 2.59 bits per heavy atom. The quantitative estimate of drug-likeness (QED) is 0.746. The fraction of sp³-hybridized carbons (Fsp3) is 0.692. The zero-order chi connectivity index (χ0) is 13.3. The molecule has 0 radical (unpaired) electrons. The molecule has 1 N–H and O–H groups in total. The van der Waals surface area contributed by atoms with Crippen LogP contribution in [0.5, 0.6) is 0 Å². The number of hydrogen-bond acceptors (Lipinski definition) is 4. The summed E-state index contributed by atoms with van der Waals surface area (Å²) in [4.78, 5) is 11.9. The summed E-state index contributed by atoms with van der Waals surface area (Å²) in [5.41, 5.74) is 0.222. The van der Waals surface area contributed by atoms with Crippen molar-refractivity contribution in [1.29, 1.82) is 5.26 Å². The molecule has 0 aromatic carbocycles. The summed E-state index contributed by atoms with van der Waals surface area (Å²) in [5, 5.41) is 12.6. The number of rotatable bonds is 2. The summed E-state index contributed by atoms with van der Waals surface area (Å²) in [7, 11) is 0. The average molecular weight is 236 g/mol. The maximum Gasteiger partial charge on any atom is 0.337 e. The summed E-state index contributed by atoms with van der Waals surface area (Å²) >= 11 is 0. The van der Waals surface area contributed by atoms with E-state index in [9.17, 15) is 10.1 Å². The smallest absolute Gasteiger partial charge is 0.337 e. The highest BCUT2D eigenvalue weighted by Crippen LogP contribution is 2.41. The highest BCUT2D eigenvalue weighted by atomic mass is 16.5. The van der Waals surface area contributed by atoms with Crippen LogP contribution in [-0.2, 0) is 9.53 Å². The molecule has 0 aromatic heterocycles. The summed E-state index contributed by atoms with van der Waals surface area (Å²) in [6, 6.07) is 2.26. The third kappa shape index (κ3) is 2.60. The first-order valence-corrected chi connectivity index (χ1v) is 5.83. The maximum absolute atomic E-state index is 11.9. The standard InChI is InChI=1S/C13H20N2O2/c1-6-17-11(16)10-9(2)15-12(3,4)7-13(10,5)8-14/h15H,6-7H2,1-5H3. The van der Waals surface area contributed by atoms with Crippen molar-refractivity contribution < 1.29 is 9.53 Å². The molecule has 0 saturated carbocycles. The van der Waals surface area contributed by atoms with Crippen LogP contribution in [0.4, 0.5) is 0 Å². The highest BCUT2D eigenvalue weighted by molar-refractivity contribution is 5.91. The fourth-order valence-corrected chi connectivity index (χ4v) is 2.68. The fourth-order valence-electron chi connectivity index (χ4n) is 2.68. The maximum atomic E-state index is 11.9. The molecule has 1 atom stereocenters. The van der Waals surface area contributed by atoms with E-state index in [1.54, 1.807) is 13.8 Å². The highest BCUT2D eigenvalue weighted by Gasteiger charge is 2.44. The van der Waals surface area contributed by atoms with Crippen molar-refractivity contribution in [1.82, 2.24) is 5.32 Å². The molecule has 0 spiro atoms. The largest absolute Gasteiger partial charge is 0.463 e. The van der Waals surface area contributed by atoms with E-state index in [4.69, 9.17) is 4.74 Å². The van der Waals surface area contributed by atoms with E-state index in [2.05, 4.69) is 11.4 Å². The number of carbonyl (C=O) groups excluding carboxylic acids is 1. The third-order valence-corrected chi connectivity index (χ3v) is 2.97. The second kappa shape index (κ2) is 4.40. The van der Waals surface area contributed by atoms with E-state index in [0.717, 1.165) is 5.70 Å². The lowest BCUT2D eigenvalue weighted by atomic mass is 9.70. The summed E-state index contributed by atoms with van der Waals surface area (Å²) in [5.74, 6) is -0.392. The van der Waals surface area contributed by atoms with Crippen molar-refractivity contribution in [2.45, 2.75) is 46.6 Å². The molecule has 1 unspecified atom stereocenters.